The van der Waals surface area contributed by atoms with Crippen LogP contribution in [0.3, 0.4) is 0 Å². The Morgan fingerprint density at radius 2 is 1.83 bits per heavy atom. The average molecular weight is 354 g/mol. The number of carbonyl (C=O) groups excluding carboxylic acids is 3. The van der Waals surface area contributed by atoms with Crippen molar-refractivity contribution in [2.45, 2.75) is 49.9 Å². The molecule has 1 aromatic carbocycles. The third kappa shape index (κ3) is 5.13. The minimum atomic E-state index is -1.30. The van der Waals surface area contributed by atoms with Gasteiger partial charge in [0.1, 0.15) is 17.5 Å². The lowest BCUT2D eigenvalue weighted by molar-refractivity contribution is -0.131. The smallest absolute Gasteiger partial charge is 0.223 e. The zero-order valence-corrected chi connectivity index (χ0v) is 14.1. The number of halogens is 2. The van der Waals surface area contributed by atoms with E-state index in [1.54, 1.807) is 12.1 Å². The van der Waals surface area contributed by atoms with Gasteiger partial charge in [0.25, 0.3) is 0 Å². The van der Waals surface area contributed by atoms with E-state index in [-0.39, 0.29) is 24.1 Å². The Hall–Kier alpha value is -1.75. The zero-order chi connectivity index (χ0) is 17.5. The van der Waals surface area contributed by atoms with Crippen LogP contribution in [0.25, 0.3) is 0 Å². The van der Waals surface area contributed by atoms with E-state index in [1.165, 1.54) is 12.1 Å². The highest BCUT2D eigenvalue weighted by molar-refractivity contribution is 6.39. The number of amides is 1. The van der Waals surface area contributed by atoms with Gasteiger partial charge in [-0.1, -0.05) is 31.4 Å². The molecule has 0 saturated heterocycles. The zero-order valence-electron chi connectivity index (χ0n) is 13.3. The molecule has 24 heavy (non-hydrogen) atoms. The van der Waals surface area contributed by atoms with Gasteiger partial charge in [-0.15, -0.1) is 11.6 Å². The first-order valence-corrected chi connectivity index (χ1v) is 8.63. The van der Waals surface area contributed by atoms with E-state index >= 15 is 0 Å². The monoisotopic (exact) mass is 353 g/mol. The number of nitrogens with one attached hydrogen (secondary N) is 1. The van der Waals surface area contributed by atoms with Gasteiger partial charge >= 0.3 is 0 Å². The number of alkyl halides is 1. The van der Waals surface area contributed by atoms with Crippen molar-refractivity contribution >= 4 is 29.6 Å². The largest absolute Gasteiger partial charge is 0.346 e. The summed E-state index contributed by atoms with van der Waals surface area (Å²) >= 11 is 5.74. The van der Waals surface area contributed by atoms with Crippen LogP contribution in [0, 0.1) is 11.7 Å². The van der Waals surface area contributed by atoms with Gasteiger partial charge in [-0.25, -0.2) is 4.39 Å². The maximum absolute atomic E-state index is 13.0. The first kappa shape index (κ1) is 18.6. The Labute approximate surface area is 145 Å². The van der Waals surface area contributed by atoms with Crippen molar-refractivity contribution < 1.29 is 18.8 Å². The van der Waals surface area contributed by atoms with Crippen molar-refractivity contribution in [2.75, 3.05) is 0 Å². The standard InChI is InChI=1S/C18H21ClFNO3/c19-15(11-22)17(23)16(10-12-6-8-14(20)9-7-12)21-18(24)13-4-2-1-3-5-13/h6-9,11,13,15-16H,1-5,10H2,(H,21,24)/t15?,16-/m0/s1. The number of rotatable bonds is 7. The third-order valence-electron chi connectivity index (χ3n) is 4.38. The fourth-order valence-corrected chi connectivity index (χ4v) is 3.14. The van der Waals surface area contributed by atoms with E-state index in [1.807, 2.05) is 0 Å². The molecule has 1 aromatic rings. The summed E-state index contributed by atoms with van der Waals surface area (Å²) in [6.07, 6.45) is 5.27. The topological polar surface area (TPSA) is 63.2 Å². The molecule has 1 saturated carbocycles. The van der Waals surface area contributed by atoms with Gasteiger partial charge in [-0.3, -0.25) is 9.59 Å². The lowest BCUT2D eigenvalue weighted by atomic mass is 9.88. The molecular formula is C18H21ClFNO3. The van der Waals surface area contributed by atoms with Gasteiger partial charge in [0.05, 0.1) is 6.04 Å². The molecular weight excluding hydrogens is 333 g/mol. The average Bonchev–Trinajstić information content (AvgIpc) is 2.62. The lowest BCUT2D eigenvalue weighted by Gasteiger charge is -2.25. The van der Waals surface area contributed by atoms with Crippen molar-refractivity contribution in [1.82, 2.24) is 5.32 Å². The number of aldehydes is 1. The number of hydrogen-bond donors (Lipinski definition) is 1. The highest BCUT2D eigenvalue weighted by atomic mass is 35.5. The third-order valence-corrected chi connectivity index (χ3v) is 4.70. The van der Waals surface area contributed by atoms with Crippen LogP contribution >= 0.6 is 11.6 Å². The van der Waals surface area contributed by atoms with E-state index in [0.717, 1.165) is 32.1 Å². The summed E-state index contributed by atoms with van der Waals surface area (Å²) in [5.41, 5.74) is 0.688. The van der Waals surface area contributed by atoms with E-state index in [4.69, 9.17) is 11.6 Å². The maximum atomic E-state index is 13.0. The predicted octanol–water partition coefficient (Wildman–Crippen LogP) is 2.81. The molecule has 0 aliphatic heterocycles. The van der Waals surface area contributed by atoms with Gasteiger partial charge in [0, 0.05) is 5.92 Å². The lowest BCUT2D eigenvalue weighted by Crippen LogP contribution is -2.48. The number of hydrogen-bond acceptors (Lipinski definition) is 3. The van der Waals surface area contributed by atoms with E-state index in [0.29, 0.717) is 11.8 Å². The molecule has 1 amide bonds. The second-order valence-electron chi connectivity index (χ2n) is 6.17. The normalized spacial score (nSPS) is 17.8. The SMILES string of the molecule is O=CC(Cl)C(=O)[C@H](Cc1ccc(F)cc1)NC(=O)C1CCCCC1. The summed E-state index contributed by atoms with van der Waals surface area (Å²) in [7, 11) is 0. The number of carbonyl (C=O) groups is 3. The first-order valence-electron chi connectivity index (χ1n) is 8.19. The second-order valence-corrected chi connectivity index (χ2v) is 6.64. The van der Waals surface area contributed by atoms with Crippen LogP contribution < -0.4 is 5.32 Å². The molecule has 0 radical (unpaired) electrons. The Bertz CT molecular complexity index is 584. The number of benzene rings is 1. The summed E-state index contributed by atoms with van der Waals surface area (Å²) in [5.74, 6) is -1.20. The molecule has 6 heteroatoms. The van der Waals surface area contributed by atoms with Gasteiger partial charge in [0.15, 0.2) is 5.78 Å². The molecule has 0 aromatic heterocycles. The van der Waals surface area contributed by atoms with E-state index in [9.17, 15) is 18.8 Å². The van der Waals surface area contributed by atoms with Crippen molar-refractivity contribution in [3.63, 3.8) is 0 Å². The number of ketones is 1. The molecule has 1 fully saturated rings. The molecule has 2 rings (SSSR count). The molecule has 2 atom stereocenters. The van der Waals surface area contributed by atoms with Gasteiger partial charge < -0.3 is 10.1 Å². The Balaban J connectivity index is 2.09. The molecule has 1 N–H and O–H groups in total. The van der Waals surface area contributed by atoms with Crippen molar-refractivity contribution in [2.24, 2.45) is 5.92 Å². The second kappa shape index (κ2) is 8.92. The van der Waals surface area contributed by atoms with E-state index in [2.05, 4.69) is 5.32 Å². The quantitative estimate of drug-likeness (QED) is 0.466. The van der Waals surface area contributed by atoms with Gasteiger partial charge in [-0.2, -0.15) is 0 Å². The fourth-order valence-electron chi connectivity index (χ4n) is 2.99. The predicted molar refractivity (Wildman–Crippen MR) is 89.3 cm³/mol. The molecule has 1 unspecified atom stereocenters. The highest BCUT2D eigenvalue weighted by Gasteiger charge is 2.30. The van der Waals surface area contributed by atoms with Crippen molar-refractivity contribution in [3.8, 4) is 0 Å². The summed E-state index contributed by atoms with van der Waals surface area (Å²) in [4.78, 5) is 35.5. The van der Waals surface area contributed by atoms with Crippen LogP contribution in [0.5, 0.6) is 0 Å². The van der Waals surface area contributed by atoms with E-state index < -0.39 is 17.2 Å². The molecule has 0 heterocycles. The maximum Gasteiger partial charge on any atom is 0.223 e. The highest BCUT2D eigenvalue weighted by Crippen LogP contribution is 2.24. The van der Waals surface area contributed by atoms with Crippen LogP contribution in [-0.4, -0.2) is 29.4 Å². The minimum absolute atomic E-state index is 0.104. The Morgan fingerprint density at radius 3 is 2.42 bits per heavy atom. The number of Topliss-reactive ketones (excluding diaryl/α,β-unsaturated/α-hetero) is 1. The Kier molecular flexibility index (Phi) is 6.91. The fraction of sp³-hybridized carbons (Fsp3) is 0.500. The van der Waals surface area contributed by atoms with Crippen molar-refractivity contribution in [1.29, 1.82) is 0 Å². The molecule has 0 bridgehead atoms. The van der Waals surface area contributed by atoms with Crippen LogP contribution in [0.1, 0.15) is 37.7 Å². The molecule has 4 nitrogen and oxygen atoms in total. The van der Waals surface area contributed by atoms with Crippen LogP contribution in [-0.2, 0) is 20.8 Å². The minimum Gasteiger partial charge on any atom is -0.346 e. The summed E-state index contributed by atoms with van der Waals surface area (Å²) in [6, 6.07) is 4.78. The summed E-state index contributed by atoms with van der Waals surface area (Å²) < 4.78 is 13.0. The molecule has 1 aliphatic rings. The van der Waals surface area contributed by atoms with Crippen LogP contribution in [0.2, 0.25) is 0 Å². The Morgan fingerprint density at radius 1 is 1.21 bits per heavy atom. The molecule has 130 valence electrons. The summed E-state index contributed by atoms with van der Waals surface area (Å²) in [6.45, 7) is 0. The molecule has 1 aliphatic carbocycles. The van der Waals surface area contributed by atoms with Crippen LogP contribution in [0.4, 0.5) is 4.39 Å². The first-order chi connectivity index (χ1) is 11.5. The van der Waals surface area contributed by atoms with Gasteiger partial charge in [-0.05, 0) is 37.0 Å². The summed E-state index contributed by atoms with van der Waals surface area (Å²) in [5, 5.41) is 1.44. The van der Waals surface area contributed by atoms with Crippen LogP contribution in [0.15, 0.2) is 24.3 Å². The molecule has 0 spiro atoms. The van der Waals surface area contributed by atoms with Crippen molar-refractivity contribution in [3.05, 3.63) is 35.6 Å². The van der Waals surface area contributed by atoms with Gasteiger partial charge in [0.2, 0.25) is 5.91 Å².